The third-order valence-electron chi connectivity index (χ3n) is 1.81. The number of nitrogens with two attached hydrogens (primary N) is 1. The molecule has 0 heterocycles. The van der Waals surface area contributed by atoms with Crippen molar-refractivity contribution >= 4 is 11.6 Å². The Balaban J connectivity index is 2.97. The van der Waals surface area contributed by atoms with Crippen LogP contribution in [0.3, 0.4) is 0 Å². The lowest BCUT2D eigenvalue weighted by Gasteiger charge is -2.11. The molecule has 1 unspecified atom stereocenters. The summed E-state index contributed by atoms with van der Waals surface area (Å²) in [5.41, 5.74) is 6.44. The maximum atomic E-state index is 9.46. The Kier molecular flexibility index (Phi) is 3.34. The Bertz CT molecular complexity index is 312. The molecule has 0 spiro atoms. The summed E-state index contributed by atoms with van der Waals surface area (Å²) in [6.07, 6.45) is 2.33. The van der Waals surface area contributed by atoms with Gasteiger partial charge < -0.3 is 10.8 Å². The van der Waals surface area contributed by atoms with E-state index in [9.17, 15) is 5.11 Å². The summed E-state index contributed by atoms with van der Waals surface area (Å²) in [7, 11) is 0. The first kappa shape index (κ1) is 10.1. The van der Waals surface area contributed by atoms with E-state index in [1.54, 1.807) is 24.3 Å². The van der Waals surface area contributed by atoms with Crippen LogP contribution in [0.25, 0.3) is 0 Å². The zero-order valence-corrected chi connectivity index (χ0v) is 7.96. The monoisotopic (exact) mass is 197 g/mol. The second-order valence-corrected chi connectivity index (χ2v) is 3.27. The summed E-state index contributed by atoms with van der Waals surface area (Å²) < 4.78 is 0. The van der Waals surface area contributed by atoms with Crippen LogP contribution in [0, 0.1) is 0 Å². The largest absolute Gasteiger partial charge is 0.508 e. The minimum Gasteiger partial charge on any atom is -0.508 e. The van der Waals surface area contributed by atoms with E-state index in [1.165, 1.54) is 0 Å². The van der Waals surface area contributed by atoms with E-state index in [4.69, 9.17) is 17.3 Å². The molecule has 1 aromatic carbocycles. The standard InChI is InChI=1S/C10H12ClNO/c1-2-3-9(12)8-6-7(11)4-5-10(8)13/h2,4-6,9,13H,1,3,12H2. The molecule has 2 nitrogen and oxygen atoms in total. The van der Waals surface area contributed by atoms with Crippen molar-refractivity contribution in [3.05, 3.63) is 41.4 Å². The van der Waals surface area contributed by atoms with Crippen LogP contribution in [0.5, 0.6) is 5.75 Å². The molecule has 0 aromatic heterocycles. The molecular weight excluding hydrogens is 186 g/mol. The van der Waals surface area contributed by atoms with Crippen molar-refractivity contribution in [1.29, 1.82) is 0 Å². The van der Waals surface area contributed by atoms with Crippen molar-refractivity contribution in [1.82, 2.24) is 0 Å². The van der Waals surface area contributed by atoms with Crippen molar-refractivity contribution in [3.8, 4) is 5.75 Å². The van der Waals surface area contributed by atoms with Gasteiger partial charge in [-0.3, -0.25) is 0 Å². The summed E-state index contributed by atoms with van der Waals surface area (Å²) in [5, 5.41) is 10.0. The lowest BCUT2D eigenvalue weighted by molar-refractivity contribution is 0.461. The molecule has 0 amide bonds. The Morgan fingerprint density at radius 1 is 1.62 bits per heavy atom. The summed E-state index contributed by atoms with van der Waals surface area (Å²) in [6, 6.07) is 4.60. The number of phenols is 1. The molecule has 1 atom stereocenters. The van der Waals surface area contributed by atoms with Gasteiger partial charge >= 0.3 is 0 Å². The highest BCUT2D eigenvalue weighted by molar-refractivity contribution is 6.30. The number of aromatic hydroxyl groups is 1. The first-order valence-electron chi connectivity index (χ1n) is 4.00. The Morgan fingerprint density at radius 2 is 2.31 bits per heavy atom. The predicted molar refractivity (Wildman–Crippen MR) is 54.9 cm³/mol. The van der Waals surface area contributed by atoms with Crippen molar-refractivity contribution in [3.63, 3.8) is 0 Å². The SMILES string of the molecule is C=CCC(N)c1cc(Cl)ccc1O. The second-order valence-electron chi connectivity index (χ2n) is 2.83. The van der Waals surface area contributed by atoms with Gasteiger partial charge in [0.25, 0.3) is 0 Å². The highest BCUT2D eigenvalue weighted by Crippen LogP contribution is 2.27. The van der Waals surface area contributed by atoms with E-state index in [2.05, 4.69) is 6.58 Å². The van der Waals surface area contributed by atoms with Gasteiger partial charge in [0.2, 0.25) is 0 Å². The van der Waals surface area contributed by atoms with Crippen LogP contribution in [-0.4, -0.2) is 5.11 Å². The average Bonchev–Trinajstić information content (AvgIpc) is 2.09. The molecular formula is C10H12ClNO. The molecule has 0 saturated carbocycles. The molecule has 3 N–H and O–H groups in total. The van der Waals surface area contributed by atoms with Crippen molar-refractivity contribution in [2.75, 3.05) is 0 Å². The van der Waals surface area contributed by atoms with Gasteiger partial charge in [-0.1, -0.05) is 17.7 Å². The van der Waals surface area contributed by atoms with Gasteiger partial charge in [0.05, 0.1) is 0 Å². The highest BCUT2D eigenvalue weighted by atomic mass is 35.5. The smallest absolute Gasteiger partial charge is 0.120 e. The van der Waals surface area contributed by atoms with E-state index in [1.807, 2.05) is 0 Å². The molecule has 70 valence electrons. The fourth-order valence-corrected chi connectivity index (χ4v) is 1.31. The van der Waals surface area contributed by atoms with E-state index < -0.39 is 0 Å². The molecule has 0 aliphatic rings. The van der Waals surface area contributed by atoms with Gasteiger partial charge in [-0.05, 0) is 24.6 Å². The van der Waals surface area contributed by atoms with Gasteiger partial charge in [-0.15, -0.1) is 6.58 Å². The van der Waals surface area contributed by atoms with Crippen LogP contribution in [0.4, 0.5) is 0 Å². The van der Waals surface area contributed by atoms with Gasteiger partial charge in [0.15, 0.2) is 0 Å². The normalized spacial score (nSPS) is 12.5. The van der Waals surface area contributed by atoms with E-state index in [0.29, 0.717) is 17.0 Å². The van der Waals surface area contributed by atoms with E-state index >= 15 is 0 Å². The zero-order valence-electron chi connectivity index (χ0n) is 7.20. The number of hydrogen-bond donors (Lipinski definition) is 2. The highest BCUT2D eigenvalue weighted by Gasteiger charge is 2.09. The Hall–Kier alpha value is -0.990. The molecule has 1 aromatic rings. The fourth-order valence-electron chi connectivity index (χ4n) is 1.13. The molecule has 13 heavy (non-hydrogen) atoms. The minimum atomic E-state index is -0.240. The van der Waals surface area contributed by atoms with Crippen LogP contribution < -0.4 is 5.73 Å². The maximum Gasteiger partial charge on any atom is 0.120 e. The summed E-state index contributed by atoms with van der Waals surface area (Å²) >= 11 is 5.77. The zero-order chi connectivity index (χ0) is 9.84. The average molecular weight is 198 g/mol. The molecule has 0 fully saturated rings. The van der Waals surface area contributed by atoms with Crippen LogP contribution >= 0.6 is 11.6 Å². The Morgan fingerprint density at radius 3 is 2.92 bits per heavy atom. The van der Waals surface area contributed by atoms with Gasteiger partial charge in [-0.25, -0.2) is 0 Å². The topological polar surface area (TPSA) is 46.2 Å². The van der Waals surface area contributed by atoms with E-state index in [-0.39, 0.29) is 11.8 Å². The number of hydrogen-bond acceptors (Lipinski definition) is 2. The number of benzene rings is 1. The number of halogens is 1. The van der Waals surface area contributed by atoms with Crippen molar-refractivity contribution < 1.29 is 5.11 Å². The summed E-state index contributed by atoms with van der Waals surface area (Å²) in [6.45, 7) is 3.58. The van der Waals surface area contributed by atoms with E-state index in [0.717, 1.165) is 0 Å². The first-order chi connectivity index (χ1) is 6.15. The lowest BCUT2D eigenvalue weighted by Crippen LogP contribution is -2.09. The molecule has 0 saturated heterocycles. The molecule has 1 rings (SSSR count). The van der Waals surface area contributed by atoms with Crippen LogP contribution in [0.15, 0.2) is 30.9 Å². The van der Waals surface area contributed by atoms with Crippen molar-refractivity contribution in [2.24, 2.45) is 5.73 Å². The fraction of sp³-hybridized carbons (Fsp3) is 0.200. The summed E-state index contributed by atoms with van der Waals surface area (Å²) in [5.74, 6) is 0.179. The molecule has 0 bridgehead atoms. The first-order valence-corrected chi connectivity index (χ1v) is 4.38. The maximum absolute atomic E-state index is 9.46. The lowest BCUT2D eigenvalue weighted by atomic mass is 10.0. The predicted octanol–water partition coefficient (Wildman–Crippen LogP) is 2.62. The molecule has 0 aliphatic heterocycles. The Labute approximate surface area is 82.6 Å². The number of phenolic OH excluding ortho intramolecular Hbond substituents is 1. The molecule has 3 heteroatoms. The minimum absolute atomic E-state index is 0.179. The second kappa shape index (κ2) is 4.30. The molecule has 0 aliphatic carbocycles. The van der Waals surface area contributed by atoms with Crippen LogP contribution in [-0.2, 0) is 0 Å². The van der Waals surface area contributed by atoms with Gasteiger partial charge in [0.1, 0.15) is 5.75 Å². The third-order valence-corrected chi connectivity index (χ3v) is 2.04. The van der Waals surface area contributed by atoms with Crippen LogP contribution in [0.2, 0.25) is 5.02 Å². The quantitative estimate of drug-likeness (QED) is 0.732. The van der Waals surface area contributed by atoms with Crippen LogP contribution in [0.1, 0.15) is 18.0 Å². The third kappa shape index (κ3) is 2.47. The molecule has 0 radical (unpaired) electrons. The van der Waals surface area contributed by atoms with Gasteiger partial charge in [-0.2, -0.15) is 0 Å². The van der Waals surface area contributed by atoms with Crippen molar-refractivity contribution in [2.45, 2.75) is 12.5 Å². The summed E-state index contributed by atoms with van der Waals surface area (Å²) in [4.78, 5) is 0. The van der Waals surface area contributed by atoms with Gasteiger partial charge in [0, 0.05) is 16.6 Å². The number of rotatable bonds is 3.